The summed E-state index contributed by atoms with van der Waals surface area (Å²) in [4.78, 5) is 4.63. The number of thiazole rings is 1. The number of nitrogens with zero attached hydrogens (tertiary/aromatic N) is 2. The summed E-state index contributed by atoms with van der Waals surface area (Å²) in [6.45, 7) is 0.239. The third-order valence-corrected chi connectivity index (χ3v) is 5.53. The summed E-state index contributed by atoms with van der Waals surface area (Å²) in [6, 6.07) is 22.2. The highest BCUT2D eigenvalue weighted by Crippen LogP contribution is 2.36. The number of fused-ring (bicyclic) bond motifs is 2. The van der Waals surface area contributed by atoms with Crippen molar-refractivity contribution in [2.45, 2.75) is 0 Å². The van der Waals surface area contributed by atoms with Crippen molar-refractivity contribution in [3.63, 3.8) is 0 Å². The summed E-state index contributed by atoms with van der Waals surface area (Å²) in [5, 5.41) is 17.7. The summed E-state index contributed by atoms with van der Waals surface area (Å²) in [7, 11) is 0. The molecule has 5 rings (SSSR count). The maximum Gasteiger partial charge on any atom is 0.231 e. The molecule has 0 fully saturated rings. The van der Waals surface area contributed by atoms with Gasteiger partial charge >= 0.3 is 0 Å². The van der Waals surface area contributed by atoms with E-state index in [0.29, 0.717) is 16.3 Å². The van der Waals surface area contributed by atoms with Gasteiger partial charge in [0.2, 0.25) is 6.79 Å². The highest BCUT2D eigenvalue weighted by Gasteiger charge is 2.16. The van der Waals surface area contributed by atoms with Crippen molar-refractivity contribution < 1.29 is 9.47 Å². The molecular weight excluding hydrogens is 382 g/mol. The minimum atomic E-state index is 0.239. The molecule has 1 aromatic heterocycles. The minimum Gasteiger partial charge on any atom is -0.454 e. The Labute approximate surface area is 171 Å². The first-order valence-electron chi connectivity index (χ1n) is 9.02. The zero-order valence-electron chi connectivity index (χ0n) is 15.3. The lowest BCUT2D eigenvalue weighted by atomic mass is 10.1. The molecule has 4 aromatic rings. The number of benzene rings is 3. The third-order valence-electron chi connectivity index (χ3n) is 4.66. The van der Waals surface area contributed by atoms with Crippen LogP contribution in [-0.4, -0.2) is 11.8 Å². The molecule has 6 heteroatoms. The van der Waals surface area contributed by atoms with Gasteiger partial charge in [0, 0.05) is 22.8 Å². The number of nitriles is 1. The molecule has 3 aromatic carbocycles. The van der Waals surface area contributed by atoms with Gasteiger partial charge in [-0.25, -0.2) is 4.98 Å². The van der Waals surface area contributed by atoms with E-state index in [0.717, 1.165) is 28.1 Å². The molecule has 0 bridgehead atoms. The number of nitrogens with one attached hydrogen (secondary N) is 1. The van der Waals surface area contributed by atoms with Gasteiger partial charge in [-0.2, -0.15) is 5.26 Å². The fraction of sp³-hybridized carbons (Fsp3) is 0.0435. The molecule has 1 aliphatic rings. The van der Waals surface area contributed by atoms with Gasteiger partial charge < -0.3 is 14.8 Å². The Morgan fingerprint density at radius 1 is 1.03 bits per heavy atom. The number of hydrogen-bond acceptors (Lipinski definition) is 6. The lowest BCUT2D eigenvalue weighted by Gasteiger charge is -2.04. The number of aromatic nitrogens is 1. The first kappa shape index (κ1) is 17.3. The van der Waals surface area contributed by atoms with E-state index in [1.54, 1.807) is 6.20 Å². The molecule has 1 aliphatic heterocycles. The molecule has 0 unspecified atom stereocenters. The van der Waals surface area contributed by atoms with Crippen LogP contribution in [0.3, 0.4) is 0 Å². The lowest BCUT2D eigenvalue weighted by molar-refractivity contribution is 0.174. The predicted octanol–water partition coefficient (Wildman–Crippen LogP) is 5.67. The normalized spacial score (nSPS) is 12.7. The maximum absolute atomic E-state index is 9.61. The Hall–Kier alpha value is -3.82. The Bertz CT molecular complexity index is 1290. The van der Waals surface area contributed by atoms with Gasteiger partial charge in [-0.3, -0.25) is 0 Å². The van der Waals surface area contributed by atoms with Crippen molar-refractivity contribution in [1.82, 2.24) is 4.98 Å². The summed E-state index contributed by atoms with van der Waals surface area (Å²) >= 11 is 1.43. The van der Waals surface area contributed by atoms with E-state index in [1.807, 2.05) is 41.8 Å². The van der Waals surface area contributed by atoms with Gasteiger partial charge in [0.05, 0.1) is 5.69 Å². The first-order chi connectivity index (χ1) is 14.3. The monoisotopic (exact) mass is 397 g/mol. The summed E-state index contributed by atoms with van der Waals surface area (Å²) < 4.78 is 10.8. The van der Waals surface area contributed by atoms with E-state index in [1.165, 1.54) is 16.7 Å². The second-order valence-electron chi connectivity index (χ2n) is 6.48. The Kier molecular flexibility index (Phi) is 4.35. The zero-order valence-corrected chi connectivity index (χ0v) is 16.1. The molecule has 0 spiro atoms. The first-order valence-corrected chi connectivity index (χ1v) is 9.90. The Morgan fingerprint density at radius 2 is 1.90 bits per heavy atom. The minimum absolute atomic E-state index is 0.239. The van der Waals surface area contributed by atoms with Crippen LogP contribution in [0.25, 0.3) is 27.6 Å². The van der Waals surface area contributed by atoms with Crippen molar-refractivity contribution in [2.24, 2.45) is 0 Å². The quantitative estimate of drug-likeness (QED) is 0.450. The van der Waals surface area contributed by atoms with Gasteiger partial charge in [0.1, 0.15) is 16.6 Å². The van der Waals surface area contributed by atoms with Crippen LogP contribution >= 0.6 is 11.3 Å². The van der Waals surface area contributed by atoms with Crippen molar-refractivity contribution in [1.29, 1.82) is 5.26 Å². The summed E-state index contributed by atoms with van der Waals surface area (Å²) in [5.41, 5.74) is 3.13. The van der Waals surface area contributed by atoms with Crippen LogP contribution in [0.1, 0.15) is 5.01 Å². The fourth-order valence-corrected chi connectivity index (χ4v) is 3.96. The zero-order chi connectivity index (χ0) is 19.6. The molecule has 0 radical (unpaired) electrons. The van der Waals surface area contributed by atoms with Crippen LogP contribution in [0.15, 0.2) is 72.2 Å². The van der Waals surface area contributed by atoms with E-state index >= 15 is 0 Å². The summed E-state index contributed by atoms with van der Waals surface area (Å²) in [6.07, 6.45) is 1.70. The molecule has 0 amide bonds. The van der Waals surface area contributed by atoms with Crippen LogP contribution in [-0.2, 0) is 0 Å². The second kappa shape index (κ2) is 7.30. The average molecular weight is 397 g/mol. The molecule has 0 saturated heterocycles. The highest BCUT2D eigenvalue weighted by atomic mass is 32.1. The largest absolute Gasteiger partial charge is 0.454 e. The standard InChI is InChI=1S/C23H15N3O2S/c24-11-18(12-25-19-7-5-15-3-1-2-4-16(15)9-19)23-26-20(13-29-23)17-6-8-21-22(10-17)28-14-27-21/h1-10,12-13,25H,14H2/b18-12+. The molecule has 0 aliphatic carbocycles. The van der Waals surface area contributed by atoms with Crippen molar-refractivity contribution in [2.75, 3.05) is 12.1 Å². The van der Waals surface area contributed by atoms with Crippen LogP contribution in [0.2, 0.25) is 0 Å². The molecule has 29 heavy (non-hydrogen) atoms. The lowest BCUT2D eigenvalue weighted by Crippen LogP contribution is -1.92. The molecule has 5 nitrogen and oxygen atoms in total. The van der Waals surface area contributed by atoms with Gasteiger partial charge in [-0.15, -0.1) is 11.3 Å². The van der Waals surface area contributed by atoms with E-state index in [2.05, 4.69) is 40.6 Å². The smallest absolute Gasteiger partial charge is 0.231 e. The van der Waals surface area contributed by atoms with Crippen LogP contribution in [0.4, 0.5) is 5.69 Å². The molecule has 0 atom stereocenters. The van der Waals surface area contributed by atoms with Crippen LogP contribution in [0, 0.1) is 11.3 Å². The Balaban J connectivity index is 1.39. The van der Waals surface area contributed by atoms with Gasteiger partial charge in [0.25, 0.3) is 0 Å². The second-order valence-corrected chi connectivity index (χ2v) is 7.34. The van der Waals surface area contributed by atoms with Crippen molar-refractivity contribution in [3.8, 4) is 28.8 Å². The number of anilines is 1. The van der Waals surface area contributed by atoms with Crippen LogP contribution in [0.5, 0.6) is 11.5 Å². The molecule has 0 saturated carbocycles. The van der Waals surface area contributed by atoms with E-state index < -0.39 is 0 Å². The number of rotatable bonds is 4. The Morgan fingerprint density at radius 3 is 2.79 bits per heavy atom. The third kappa shape index (κ3) is 3.40. The highest BCUT2D eigenvalue weighted by molar-refractivity contribution is 7.11. The van der Waals surface area contributed by atoms with Crippen molar-refractivity contribution >= 4 is 33.4 Å². The topological polar surface area (TPSA) is 67.2 Å². The van der Waals surface area contributed by atoms with Crippen molar-refractivity contribution in [3.05, 3.63) is 77.3 Å². The molecule has 140 valence electrons. The molecule has 2 heterocycles. The fourth-order valence-electron chi connectivity index (χ4n) is 3.16. The van der Waals surface area contributed by atoms with Gasteiger partial charge in [-0.05, 0) is 41.1 Å². The van der Waals surface area contributed by atoms with Gasteiger partial charge in [-0.1, -0.05) is 30.3 Å². The predicted molar refractivity (Wildman–Crippen MR) is 115 cm³/mol. The van der Waals surface area contributed by atoms with Crippen LogP contribution < -0.4 is 14.8 Å². The van der Waals surface area contributed by atoms with E-state index in [4.69, 9.17) is 9.47 Å². The maximum atomic E-state index is 9.61. The molecule has 1 N–H and O–H groups in total. The number of allylic oxidation sites excluding steroid dienone is 1. The number of ether oxygens (including phenoxy) is 2. The summed E-state index contributed by atoms with van der Waals surface area (Å²) in [5.74, 6) is 1.45. The molecular formula is C23H15N3O2S. The average Bonchev–Trinajstić information content (AvgIpc) is 3.43. The number of hydrogen-bond donors (Lipinski definition) is 1. The SMILES string of the molecule is N#C/C(=C\Nc1ccc2ccccc2c1)c1nc(-c2ccc3c(c2)OCO3)cs1. The van der Waals surface area contributed by atoms with E-state index in [9.17, 15) is 5.26 Å². The van der Waals surface area contributed by atoms with E-state index in [-0.39, 0.29) is 6.79 Å². The van der Waals surface area contributed by atoms with Gasteiger partial charge in [0.15, 0.2) is 11.5 Å².